The largest absolute Gasteiger partial charge is 0.374 e. The van der Waals surface area contributed by atoms with Gasteiger partial charge in [0, 0.05) is 12.6 Å². The van der Waals surface area contributed by atoms with E-state index in [1.807, 2.05) is 27.0 Å². The second-order valence-corrected chi connectivity index (χ2v) is 5.22. The quantitative estimate of drug-likeness (QED) is 0.816. The number of halogens is 1. The third kappa shape index (κ3) is 4.02. The van der Waals surface area contributed by atoms with Crippen LogP contribution < -0.4 is 5.32 Å². The van der Waals surface area contributed by atoms with Crippen LogP contribution >= 0.6 is 0 Å². The van der Waals surface area contributed by atoms with Crippen LogP contribution in [-0.4, -0.2) is 25.3 Å². The molecule has 0 aromatic heterocycles. The first-order chi connectivity index (χ1) is 8.96. The van der Waals surface area contributed by atoms with Crippen LogP contribution in [0.3, 0.4) is 0 Å². The highest BCUT2D eigenvalue weighted by atomic mass is 19.1. The van der Waals surface area contributed by atoms with Crippen LogP contribution in [0.4, 0.5) is 4.39 Å². The zero-order chi connectivity index (χ0) is 14.5. The monoisotopic (exact) mass is 267 g/mol. The molecule has 2 unspecified atom stereocenters. The highest BCUT2D eigenvalue weighted by Gasteiger charge is 2.32. The molecular formula is C16H26FNO. The number of aryl methyl sites for hydroxylation is 1. The molecule has 0 bridgehead atoms. The summed E-state index contributed by atoms with van der Waals surface area (Å²) in [6, 6.07) is 5.13. The first-order valence-electron chi connectivity index (χ1n) is 7.03. The van der Waals surface area contributed by atoms with E-state index in [0.717, 1.165) is 24.0 Å². The van der Waals surface area contributed by atoms with E-state index in [-0.39, 0.29) is 17.5 Å². The minimum atomic E-state index is -0.234. The minimum Gasteiger partial charge on any atom is -0.374 e. The maximum Gasteiger partial charge on any atom is 0.123 e. The Morgan fingerprint density at radius 1 is 1.37 bits per heavy atom. The molecule has 3 heteroatoms. The van der Waals surface area contributed by atoms with E-state index in [2.05, 4.69) is 19.2 Å². The van der Waals surface area contributed by atoms with Crippen LogP contribution in [0.2, 0.25) is 0 Å². The average Bonchev–Trinajstić information content (AvgIpc) is 2.39. The van der Waals surface area contributed by atoms with Gasteiger partial charge in [0.05, 0.1) is 5.60 Å². The Hall–Kier alpha value is -0.930. The summed E-state index contributed by atoms with van der Waals surface area (Å²) in [4.78, 5) is 0. The van der Waals surface area contributed by atoms with Crippen LogP contribution in [0.25, 0.3) is 0 Å². The molecule has 19 heavy (non-hydrogen) atoms. The molecule has 1 rings (SSSR count). The molecule has 0 aliphatic heterocycles. The molecule has 0 spiro atoms. The van der Waals surface area contributed by atoms with E-state index in [0.29, 0.717) is 6.61 Å². The normalized spacial score (nSPS) is 16.1. The molecule has 1 N–H and O–H groups in total. The van der Waals surface area contributed by atoms with Crippen molar-refractivity contribution < 1.29 is 9.13 Å². The van der Waals surface area contributed by atoms with E-state index in [4.69, 9.17) is 4.74 Å². The number of hydrogen-bond donors (Lipinski definition) is 1. The summed E-state index contributed by atoms with van der Waals surface area (Å²) >= 11 is 0. The van der Waals surface area contributed by atoms with Gasteiger partial charge in [-0.3, -0.25) is 0 Å². The van der Waals surface area contributed by atoms with Crippen molar-refractivity contribution in [1.29, 1.82) is 0 Å². The van der Waals surface area contributed by atoms with E-state index in [9.17, 15) is 4.39 Å². The van der Waals surface area contributed by atoms with Crippen molar-refractivity contribution in [3.63, 3.8) is 0 Å². The molecule has 0 aliphatic rings. The van der Waals surface area contributed by atoms with Gasteiger partial charge in [0.2, 0.25) is 0 Å². The van der Waals surface area contributed by atoms with Crippen molar-refractivity contribution in [3.8, 4) is 0 Å². The topological polar surface area (TPSA) is 21.3 Å². The number of benzene rings is 1. The van der Waals surface area contributed by atoms with E-state index >= 15 is 0 Å². The molecular weight excluding hydrogens is 241 g/mol. The Labute approximate surface area is 116 Å². The van der Waals surface area contributed by atoms with Gasteiger partial charge in [-0.15, -0.1) is 0 Å². The predicted octanol–water partition coefficient (Wildman–Crippen LogP) is 3.47. The highest BCUT2D eigenvalue weighted by molar-refractivity contribution is 5.28. The molecule has 0 aliphatic carbocycles. The van der Waals surface area contributed by atoms with E-state index in [1.54, 1.807) is 6.07 Å². The van der Waals surface area contributed by atoms with Gasteiger partial charge < -0.3 is 10.1 Å². The molecule has 0 fully saturated rings. The van der Waals surface area contributed by atoms with Crippen molar-refractivity contribution in [2.75, 3.05) is 13.7 Å². The van der Waals surface area contributed by atoms with Crippen LogP contribution in [0.1, 0.15) is 38.3 Å². The molecule has 1 aromatic carbocycles. The number of rotatable bonds is 7. The zero-order valence-corrected chi connectivity index (χ0v) is 12.7. The lowest BCUT2D eigenvalue weighted by molar-refractivity contribution is -0.0534. The Balaban J connectivity index is 2.95. The lowest BCUT2D eigenvalue weighted by Crippen LogP contribution is -2.50. The minimum absolute atomic E-state index is 0.165. The third-order valence-corrected chi connectivity index (χ3v) is 4.00. The molecule has 2 atom stereocenters. The van der Waals surface area contributed by atoms with Gasteiger partial charge in [0.25, 0.3) is 0 Å². The van der Waals surface area contributed by atoms with Crippen molar-refractivity contribution in [2.24, 2.45) is 0 Å². The van der Waals surface area contributed by atoms with Gasteiger partial charge in [-0.1, -0.05) is 13.0 Å². The summed E-state index contributed by atoms with van der Waals surface area (Å²) in [5, 5.41) is 3.33. The molecule has 0 amide bonds. The van der Waals surface area contributed by atoms with E-state index < -0.39 is 0 Å². The van der Waals surface area contributed by atoms with Gasteiger partial charge in [-0.25, -0.2) is 4.39 Å². The fourth-order valence-electron chi connectivity index (χ4n) is 2.48. The van der Waals surface area contributed by atoms with Crippen molar-refractivity contribution in [2.45, 2.75) is 52.2 Å². The smallest absolute Gasteiger partial charge is 0.123 e. The lowest BCUT2D eigenvalue weighted by atomic mass is 9.87. The third-order valence-electron chi connectivity index (χ3n) is 4.00. The van der Waals surface area contributed by atoms with Gasteiger partial charge in [0.15, 0.2) is 0 Å². The molecule has 1 aromatic rings. The second kappa shape index (κ2) is 7.01. The number of hydrogen-bond acceptors (Lipinski definition) is 2. The Morgan fingerprint density at radius 2 is 2.05 bits per heavy atom. The summed E-state index contributed by atoms with van der Waals surface area (Å²) < 4.78 is 19.3. The van der Waals surface area contributed by atoms with Crippen molar-refractivity contribution in [3.05, 3.63) is 35.1 Å². The second-order valence-electron chi connectivity index (χ2n) is 5.22. The van der Waals surface area contributed by atoms with Gasteiger partial charge in [-0.2, -0.15) is 0 Å². The molecule has 0 saturated carbocycles. The average molecular weight is 267 g/mol. The lowest BCUT2D eigenvalue weighted by Gasteiger charge is -2.37. The SMILES string of the molecule is CCOC(C)(CC)C(Cc1cc(F)ccc1C)NC. The van der Waals surface area contributed by atoms with Crippen LogP contribution in [0.5, 0.6) is 0 Å². The van der Waals surface area contributed by atoms with E-state index in [1.165, 1.54) is 6.07 Å². The number of ether oxygens (including phenoxy) is 1. The van der Waals surface area contributed by atoms with Crippen molar-refractivity contribution >= 4 is 0 Å². The maximum absolute atomic E-state index is 13.4. The molecule has 108 valence electrons. The Bertz CT molecular complexity index is 408. The van der Waals surface area contributed by atoms with Gasteiger partial charge in [-0.05, 0) is 63.9 Å². The summed E-state index contributed by atoms with van der Waals surface area (Å²) in [5.41, 5.74) is 1.93. The summed E-state index contributed by atoms with van der Waals surface area (Å²) in [6.07, 6.45) is 1.69. The van der Waals surface area contributed by atoms with Gasteiger partial charge >= 0.3 is 0 Å². The molecule has 0 saturated heterocycles. The molecule has 2 nitrogen and oxygen atoms in total. The number of likely N-dealkylation sites (N-methyl/N-ethyl adjacent to an activating group) is 1. The summed E-state index contributed by atoms with van der Waals surface area (Å²) in [5.74, 6) is -0.176. The standard InChI is InChI=1S/C16H26FNO/c1-6-16(4,19-7-2)15(18-5)11-13-10-14(17)9-8-12(13)3/h8-10,15,18H,6-7,11H2,1-5H3. The zero-order valence-electron chi connectivity index (χ0n) is 12.7. The fraction of sp³-hybridized carbons (Fsp3) is 0.625. The Morgan fingerprint density at radius 3 is 2.58 bits per heavy atom. The maximum atomic E-state index is 13.4. The highest BCUT2D eigenvalue weighted by Crippen LogP contribution is 2.24. The number of nitrogens with one attached hydrogen (secondary N) is 1. The fourth-order valence-corrected chi connectivity index (χ4v) is 2.48. The first kappa shape index (κ1) is 16.1. The molecule has 0 heterocycles. The summed E-state index contributed by atoms with van der Waals surface area (Å²) in [6.45, 7) is 8.95. The predicted molar refractivity (Wildman–Crippen MR) is 78.0 cm³/mol. The van der Waals surface area contributed by atoms with Crippen LogP contribution in [0, 0.1) is 12.7 Å². The van der Waals surface area contributed by atoms with Crippen molar-refractivity contribution in [1.82, 2.24) is 5.32 Å². The van der Waals surface area contributed by atoms with Crippen LogP contribution in [-0.2, 0) is 11.2 Å². The molecule has 0 radical (unpaired) electrons. The van der Waals surface area contributed by atoms with Gasteiger partial charge in [0.1, 0.15) is 5.82 Å². The first-order valence-corrected chi connectivity index (χ1v) is 7.03. The summed E-state index contributed by atoms with van der Waals surface area (Å²) in [7, 11) is 1.94. The Kier molecular flexibility index (Phi) is 5.95. The van der Waals surface area contributed by atoms with Crippen LogP contribution in [0.15, 0.2) is 18.2 Å².